The molecule has 8 heteroatoms. The van der Waals surface area contributed by atoms with Crippen molar-refractivity contribution in [3.63, 3.8) is 0 Å². The molecule has 2 heterocycles. The van der Waals surface area contributed by atoms with Crippen molar-refractivity contribution in [1.29, 1.82) is 0 Å². The van der Waals surface area contributed by atoms with Gasteiger partial charge in [0.05, 0.1) is 12.9 Å². The van der Waals surface area contributed by atoms with Gasteiger partial charge in [0.15, 0.2) is 0 Å². The number of carbonyl (C=O) groups is 1. The Hall–Kier alpha value is -3.94. The molecule has 0 radical (unpaired) electrons. The normalized spacial score (nSPS) is 11.0. The number of hydrogen-bond donors (Lipinski definition) is 1. The number of aromatic nitrogens is 3. The number of rotatable bonds is 11. The fourth-order valence-corrected chi connectivity index (χ4v) is 3.65. The molecule has 0 aliphatic carbocycles. The lowest BCUT2D eigenvalue weighted by Gasteiger charge is -2.08. The van der Waals surface area contributed by atoms with E-state index in [1.165, 1.54) is 16.5 Å². The van der Waals surface area contributed by atoms with Crippen molar-refractivity contribution in [2.24, 2.45) is 0 Å². The maximum Gasteiger partial charge on any atom is 0.299 e. The zero-order valence-corrected chi connectivity index (χ0v) is 20.1. The van der Waals surface area contributed by atoms with Crippen LogP contribution in [0.1, 0.15) is 44.2 Å². The monoisotopic (exact) mass is 474 g/mol. The van der Waals surface area contributed by atoms with Crippen LogP contribution in [0.25, 0.3) is 22.4 Å². The standard InChI is InChI=1S/C27H30N4O4/c1-3-5-16-34-22-12-8-20(9-13-22)17-28-23(32)14-15-31-18-29-25-24(30-35-26(25)27(31)33)21-10-6-19(4-2)7-11-21/h6-13,18H,3-5,14-17H2,1-2H3,(H,28,32). The smallest absolute Gasteiger partial charge is 0.299 e. The molecule has 4 aromatic rings. The van der Waals surface area contributed by atoms with E-state index in [1.54, 1.807) is 0 Å². The first-order chi connectivity index (χ1) is 17.1. The number of unbranched alkanes of at least 4 members (excludes halogenated alkanes) is 1. The van der Waals surface area contributed by atoms with Crippen LogP contribution in [0.4, 0.5) is 0 Å². The summed E-state index contributed by atoms with van der Waals surface area (Å²) in [6, 6.07) is 15.6. The van der Waals surface area contributed by atoms with Crippen molar-refractivity contribution >= 4 is 17.0 Å². The summed E-state index contributed by atoms with van der Waals surface area (Å²) in [6.07, 6.45) is 4.64. The average Bonchev–Trinajstić information content (AvgIpc) is 3.33. The number of amides is 1. The SMILES string of the molecule is CCCCOc1ccc(CNC(=O)CCn2cnc3c(-c4ccc(CC)cc4)noc3c2=O)cc1. The van der Waals surface area contributed by atoms with E-state index in [2.05, 4.69) is 29.3 Å². The predicted molar refractivity (Wildman–Crippen MR) is 134 cm³/mol. The molecular formula is C27H30N4O4. The highest BCUT2D eigenvalue weighted by Crippen LogP contribution is 2.25. The van der Waals surface area contributed by atoms with E-state index >= 15 is 0 Å². The van der Waals surface area contributed by atoms with Crippen LogP contribution in [0.3, 0.4) is 0 Å². The Morgan fingerprint density at radius 1 is 1.06 bits per heavy atom. The van der Waals surface area contributed by atoms with E-state index in [0.717, 1.165) is 36.1 Å². The number of hydrogen-bond acceptors (Lipinski definition) is 6. The molecule has 0 spiro atoms. The third kappa shape index (κ3) is 5.95. The number of nitrogens with one attached hydrogen (secondary N) is 1. The Balaban J connectivity index is 1.33. The molecule has 182 valence electrons. The Morgan fingerprint density at radius 2 is 1.80 bits per heavy atom. The van der Waals surface area contributed by atoms with E-state index < -0.39 is 0 Å². The summed E-state index contributed by atoms with van der Waals surface area (Å²) in [7, 11) is 0. The lowest BCUT2D eigenvalue weighted by atomic mass is 10.1. The molecule has 8 nitrogen and oxygen atoms in total. The van der Waals surface area contributed by atoms with Crippen molar-refractivity contribution in [1.82, 2.24) is 20.0 Å². The molecule has 1 N–H and O–H groups in total. The van der Waals surface area contributed by atoms with Crippen molar-refractivity contribution in [3.05, 3.63) is 76.3 Å². The molecule has 0 aliphatic rings. The Morgan fingerprint density at radius 3 is 2.51 bits per heavy atom. The second kappa shape index (κ2) is 11.5. The van der Waals surface area contributed by atoms with Gasteiger partial charge in [0.1, 0.15) is 17.0 Å². The topological polar surface area (TPSA) is 99.2 Å². The maximum absolute atomic E-state index is 12.8. The van der Waals surface area contributed by atoms with Crippen LogP contribution in [0.2, 0.25) is 0 Å². The third-order valence-corrected chi connectivity index (χ3v) is 5.84. The summed E-state index contributed by atoms with van der Waals surface area (Å²) >= 11 is 0. The van der Waals surface area contributed by atoms with Crippen LogP contribution in [-0.4, -0.2) is 27.2 Å². The van der Waals surface area contributed by atoms with Crippen molar-refractivity contribution in [3.8, 4) is 17.0 Å². The number of aryl methyl sites for hydroxylation is 2. The quantitative estimate of drug-likeness (QED) is 0.321. The molecule has 2 aromatic heterocycles. The lowest BCUT2D eigenvalue weighted by Crippen LogP contribution is -2.27. The van der Waals surface area contributed by atoms with Gasteiger partial charge in [0.25, 0.3) is 11.1 Å². The highest BCUT2D eigenvalue weighted by atomic mass is 16.5. The molecule has 0 bridgehead atoms. The van der Waals surface area contributed by atoms with Gasteiger partial charge in [-0.2, -0.15) is 0 Å². The van der Waals surface area contributed by atoms with E-state index in [0.29, 0.717) is 24.4 Å². The van der Waals surface area contributed by atoms with E-state index in [9.17, 15) is 9.59 Å². The Labute approximate surface area is 203 Å². The summed E-state index contributed by atoms with van der Waals surface area (Å²) in [6.45, 7) is 5.51. The van der Waals surface area contributed by atoms with E-state index in [-0.39, 0.29) is 30.0 Å². The first-order valence-electron chi connectivity index (χ1n) is 12.0. The largest absolute Gasteiger partial charge is 0.494 e. The molecular weight excluding hydrogens is 444 g/mol. The second-order valence-corrected chi connectivity index (χ2v) is 8.38. The molecule has 35 heavy (non-hydrogen) atoms. The summed E-state index contributed by atoms with van der Waals surface area (Å²) in [5, 5.41) is 6.95. The van der Waals surface area contributed by atoms with Crippen molar-refractivity contribution < 1.29 is 14.1 Å². The third-order valence-electron chi connectivity index (χ3n) is 5.84. The molecule has 0 saturated heterocycles. The van der Waals surface area contributed by atoms with Gasteiger partial charge in [-0.1, -0.05) is 61.8 Å². The number of ether oxygens (including phenoxy) is 1. The van der Waals surface area contributed by atoms with Crippen LogP contribution in [0, 0.1) is 0 Å². The van der Waals surface area contributed by atoms with Crippen molar-refractivity contribution in [2.75, 3.05) is 6.61 Å². The maximum atomic E-state index is 12.8. The first kappa shape index (κ1) is 24.2. The second-order valence-electron chi connectivity index (χ2n) is 8.38. The van der Waals surface area contributed by atoms with Crippen LogP contribution in [0.5, 0.6) is 5.75 Å². The molecule has 0 aliphatic heterocycles. The fourth-order valence-electron chi connectivity index (χ4n) is 3.65. The van der Waals surface area contributed by atoms with E-state index in [4.69, 9.17) is 9.26 Å². The number of fused-ring (bicyclic) bond motifs is 1. The molecule has 0 unspecified atom stereocenters. The molecule has 2 aromatic carbocycles. The van der Waals surface area contributed by atoms with Gasteiger partial charge in [-0.3, -0.25) is 14.2 Å². The number of nitrogens with zero attached hydrogens (tertiary/aromatic N) is 3. The van der Waals surface area contributed by atoms with Crippen LogP contribution < -0.4 is 15.6 Å². The predicted octanol–water partition coefficient (Wildman–Crippen LogP) is 4.50. The van der Waals surface area contributed by atoms with Crippen molar-refractivity contribution in [2.45, 2.75) is 52.6 Å². The highest BCUT2D eigenvalue weighted by molar-refractivity contribution is 5.87. The Bertz CT molecular complexity index is 1320. The minimum Gasteiger partial charge on any atom is -0.494 e. The van der Waals surface area contributed by atoms with Gasteiger partial charge >= 0.3 is 0 Å². The summed E-state index contributed by atoms with van der Waals surface area (Å²) in [5.41, 5.74) is 3.71. The summed E-state index contributed by atoms with van der Waals surface area (Å²) in [5.74, 6) is 0.666. The van der Waals surface area contributed by atoms with Crippen LogP contribution in [-0.2, 0) is 24.3 Å². The van der Waals surface area contributed by atoms with Gasteiger partial charge in [-0.15, -0.1) is 0 Å². The van der Waals surface area contributed by atoms with Gasteiger partial charge in [-0.05, 0) is 36.1 Å². The highest BCUT2D eigenvalue weighted by Gasteiger charge is 2.16. The van der Waals surface area contributed by atoms with Crippen LogP contribution >= 0.6 is 0 Å². The lowest BCUT2D eigenvalue weighted by molar-refractivity contribution is -0.121. The summed E-state index contributed by atoms with van der Waals surface area (Å²) < 4.78 is 12.4. The first-order valence-corrected chi connectivity index (χ1v) is 12.0. The fraction of sp³-hybridized carbons (Fsp3) is 0.333. The number of carbonyl (C=O) groups excluding carboxylic acids is 1. The van der Waals surface area contributed by atoms with Gasteiger partial charge in [0, 0.05) is 25.1 Å². The molecule has 0 saturated carbocycles. The van der Waals surface area contributed by atoms with E-state index in [1.807, 2.05) is 48.5 Å². The van der Waals surface area contributed by atoms with Crippen LogP contribution in [0.15, 0.2) is 64.2 Å². The summed E-state index contributed by atoms with van der Waals surface area (Å²) in [4.78, 5) is 29.6. The van der Waals surface area contributed by atoms with Gasteiger partial charge in [0.2, 0.25) is 5.91 Å². The number of benzene rings is 2. The minimum atomic E-state index is -0.356. The Kier molecular flexibility index (Phi) is 7.92. The minimum absolute atomic E-state index is 0.0868. The molecule has 0 atom stereocenters. The molecule has 1 amide bonds. The zero-order valence-electron chi connectivity index (χ0n) is 20.1. The zero-order chi connectivity index (χ0) is 24.6. The van der Waals surface area contributed by atoms with Gasteiger partial charge in [-0.25, -0.2) is 4.98 Å². The average molecular weight is 475 g/mol. The molecule has 0 fully saturated rings. The molecule has 4 rings (SSSR count). The van der Waals surface area contributed by atoms with Gasteiger partial charge < -0.3 is 14.6 Å².